The van der Waals surface area contributed by atoms with Crippen LogP contribution in [0.2, 0.25) is 0 Å². The zero-order valence-electron chi connectivity index (χ0n) is 19.3. The lowest BCUT2D eigenvalue weighted by molar-refractivity contribution is -0.136. The van der Waals surface area contributed by atoms with Crippen LogP contribution in [0, 0.1) is 5.82 Å². The first-order chi connectivity index (χ1) is 16.4. The van der Waals surface area contributed by atoms with Gasteiger partial charge in [-0.05, 0) is 55.3 Å². The lowest BCUT2D eigenvalue weighted by Crippen LogP contribution is -2.27. The largest absolute Gasteiger partial charge is 0.494 e. The molecule has 0 radical (unpaired) electrons. The molecule has 1 amide bonds. The zero-order valence-corrected chi connectivity index (χ0v) is 19.3. The van der Waals surface area contributed by atoms with E-state index < -0.39 is 11.8 Å². The maximum Gasteiger partial charge on any atom is 0.341 e. The first-order valence-corrected chi connectivity index (χ1v) is 11.4. The van der Waals surface area contributed by atoms with Crippen molar-refractivity contribution >= 4 is 33.9 Å². The van der Waals surface area contributed by atoms with E-state index in [-0.39, 0.29) is 24.6 Å². The Morgan fingerprint density at radius 2 is 1.91 bits per heavy atom. The van der Waals surface area contributed by atoms with Crippen LogP contribution < -0.4 is 4.74 Å². The van der Waals surface area contributed by atoms with Gasteiger partial charge in [0.25, 0.3) is 5.91 Å². The Bertz CT molecular complexity index is 1270. The van der Waals surface area contributed by atoms with Crippen LogP contribution in [0.15, 0.2) is 55.2 Å². The Hall–Kier alpha value is -3.87. The molecule has 1 aromatic heterocycles. The number of hydrogen-bond donors (Lipinski definition) is 1. The number of carbonyl (C=O) groups excluding carboxylic acids is 2. The molecule has 4 rings (SSSR count). The number of aromatic amines is 1. The van der Waals surface area contributed by atoms with Crippen LogP contribution in [-0.4, -0.2) is 41.5 Å². The van der Waals surface area contributed by atoms with Gasteiger partial charge in [-0.3, -0.25) is 4.79 Å². The molecule has 7 heteroatoms. The molecule has 0 saturated carbocycles. The number of ether oxygens (including phenoxy) is 2. The van der Waals surface area contributed by atoms with Crippen molar-refractivity contribution in [1.82, 2.24) is 9.88 Å². The molecule has 2 aromatic carbocycles. The third-order valence-corrected chi connectivity index (χ3v) is 5.65. The maximum atomic E-state index is 13.3. The van der Waals surface area contributed by atoms with Gasteiger partial charge in [0.15, 0.2) is 0 Å². The molecule has 0 unspecified atom stereocenters. The summed E-state index contributed by atoms with van der Waals surface area (Å²) in [5, 5.41) is 0.870. The van der Waals surface area contributed by atoms with E-state index >= 15 is 0 Å². The van der Waals surface area contributed by atoms with Crippen LogP contribution in [0.25, 0.3) is 22.0 Å². The van der Waals surface area contributed by atoms with Gasteiger partial charge >= 0.3 is 5.97 Å². The van der Waals surface area contributed by atoms with Gasteiger partial charge < -0.3 is 19.4 Å². The quantitative estimate of drug-likeness (QED) is 0.369. The maximum absolute atomic E-state index is 13.3. The molecular weight excluding hydrogens is 435 g/mol. The summed E-state index contributed by atoms with van der Waals surface area (Å²) in [6, 6.07) is 11.0. The average molecular weight is 463 g/mol. The Labute approximate surface area is 197 Å². The van der Waals surface area contributed by atoms with E-state index in [0.717, 1.165) is 35.1 Å². The van der Waals surface area contributed by atoms with Crippen LogP contribution in [0.5, 0.6) is 5.75 Å². The number of unbranched alkanes of at least 4 members (excludes halogenated alkanes) is 1. The van der Waals surface area contributed by atoms with Gasteiger partial charge in [-0.2, -0.15) is 0 Å². The van der Waals surface area contributed by atoms with Gasteiger partial charge in [-0.15, -0.1) is 0 Å². The van der Waals surface area contributed by atoms with E-state index in [9.17, 15) is 14.0 Å². The van der Waals surface area contributed by atoms with Crippen molar-refractivity contribution in [2.75, 3.05) is 19.8 Å². The van der Waals surface area contributed by atoms with Crippen molar-refractivity contribution in [2.24, 2.45) is 0 Å². The minimum absolute atomic E-state index is 0.161. The smallest absolute Gasteiger partial charge is 0.341 e. The molecule has 0 atom stereocenters. The molecule has 1 aliphatic rings. The number of rotatable bonds is 7. The molecule has 1 N–H and O–H groups in total. The van der Waals surface area contributed by atoms with Gasteiger partial charge in [0.2, 0.25) is 0 Å². The zero-order chi connectivity index (χ0) is 24.2. The van der Waals surface area contributed by atoms with Crippen LogP contribution in [0.1, 0.15) is 48.3 Å². The number of amides is 1. The second kappa shape index (κ2) is 9.95. The highest BCUT2D eigenvalue weighted by Gasteiger charge is 2.29. The molecular formula is C27H27FN2O4. The van der Waals surface area contributed by atoms with E-state index in [1.807, 2.05) is 18.2 Å². The fourth-order valence-electron chi connectivity index (χ4n) is 3.97. The van der Waals surface area contributed by atoms with Crippen LogP contribution in [-0.2, 0) is 9.53 Å². The summed E-state index contributed by atoms with van der Waals surface area (Å²) < 4.78 is 24.5. The van der Waals surface area contributed by atoms with Crippen molar-refractivity contribution in [2.45, 2.75) is 26.7 Å². The number of halogens is 1. The Morgan fingerprint density at radius 3 is 2.62 bits per heavy atom. The number of nitrogens with zero attached hydrogens (tertiary/aromatic N) is 1. The van der Waals surface area contributed by atoms with E-state index in [0.29, 0.717) is 23.4 Å². The predicted octanol–water partition coefficient (Wildman–Crippen LogP) is 5.56. The molecule has 6 nitrogen and oxygen atoms in total. The van der Waals surface area contributed by atoms with Crippen molar-refractivity contribution in [3.05, 3.63) is 77.9 Å². The summed E-state index contributed by atoms with van der Waals surface area (Å²) in [6.07, 6.45) is 3.48. The van der Waals surface area contributed by atoms with Gasteiger partial charge in [-0.25, -0.2) is 9.18 Å². The summed E-state index contributed by atoms with van der Waals surface area (Å²) >= 11 is 0. The highest BCUT2D eigenvalue weighted by Crippen LogP contribution is 2.37. The third kappa shape index (κ3) is 4.59. The van der Waals surface area contributed by atoms with Gasteiger partial charge in [0.05, 0.1) is 31.0 Å². The third-order valence-electron chi connectivity index (χ3n) is 5.65. The van der Waals surface area contributed by atoms with Gasteiger partial charge in [0, 0.05) is 28.8 Å². The van der Waals surface area contributed by atoms with E-state index in [2.05, 4.69) is 18.5 Å². The number of H-pyrrole nitrogens is 1. The summed E-state index contributed by atoms with van der Waals surface area (Å²) in [4.78, 5) is 30.8. The molecule has 0 bridgehead atoms. The van der Waals surface area contributed by atoms with E-state index in [1.54, 1.807) is 6.92 Å². The number of esters is 1. The van der Waals surface area contributed by atoms with Crippen LogP contribution in [0.4, 0.5) is 4.39 Å². The summed E-state index contributed by atoms with van der Waals surface area (Å²) in [5.74, 6) is -0.623. The summed E-state index contributed by atoms with van der Waals surface area (Å²) in [7, 11) is 0. The Balaban J connectivity index is 1.78. The first-order valence-electron chi connectivity index (χ1n) is 11.4. The fourth-order valence-corrected chi connectivity index (χ4v) is 3.97. The molecule has 34 heavy (non-hydrogen) atoms. The second-order valence-electron chi connectivity index (χ2n) is 8.09. The van der Waals surface area contributed by atoms with Crippen molar-refractivity contribution in [3.63, 3.8) is 0 Å². The number of carbonyl (C=O) groups is 2. The minimum atomic E-state index is -0.554. The molecule has 0 fully saturated rings. The molecule has 0 saturated heterocycles. The second-order valence-corrected chi connectivity index (χ2v) is 8.09. The van der Waals surface area contributed by atoms with E-state index in [4.69, 9.17) is 9.47 Å². The molecule has 0 aliphatic carbocycles. The summed E-state index contributed by atoms with van der Waals surface area (Å²) in [5.41, 5.74) is 3.27. The molecule has 2 heterocycles. The van der Waals surface area contributed by atoms with Gasteiger partial charge in [0.1, 0.15) is 17.1 Å². The standard InChI is InChI=1S/C27H27FN2O4/c1-4-6-13-34-20-11-12-21-23(14-20)29-25-22(27(32)33-5-2)16-30(15-17(3)24(21)25)26(31)18-7-9-19(28)10-8-18/h7-12,14,16,29H,3-6,13,15H2,1-2H3. The Kier molecular flexibility index (Phi) is 6.82. The number of nitrogens with one attached hydrogen (secondary N) is 1. The fraction of sp³-hybridized carbons (Fsp3) is 0.259. The molecule has 1 aliphatic heterocycles. The van der Waals surface area contributed by atoms with Gasteiger partial charge in [-0.1, -0.05) is 19.9 Å². The Morgan fingerprint density at radius 1 is 1.15 bits per heavy atom. The van der Waals surface area contributed by atoms with Crippen LogP contribution >= 0.6 is 0 Å². The lowest BCUT2D eigenvalue weighted by atomic mass is 10.0. The minimum Gasteiger partial charge on any atom is -0.494 e. The molecule has 0 spiro atoms. The lowest BCUT2D eigenvalue weighted by Gasteiger charge is -2.19. The van der Waals surface area contributed by atoms with Crippen molar-refractivity contribution in [1.29, 1.82) is 0 Å². The van der Waals surface area contributed by atoms with Crippen molar-refractivity contribution < 1.29 is 23.5 Å². The first kappa shape index (κ1) is 23.3. The number of hydrogen-bond acceptors (Lipinski definition) is 4. The topological polar surface area (TPSA) is 71.6 Å². The average Bonchev–Trinajstić information content (AvgIpc) is 3.13. The van der Waals surface area contributed by atoms with Crippen LogP contribution in [0.3, 0.4) is 0 Å². The monoisotopic (exact) mass is 462 g/mol. The normalized spacial score (nSPS) is 13.3. The summed E-state index contributed by atoms with van der Waals surface area (Å²) in [6.45, 7) is 9.02. The number of aromatic nitrogens is 1. The van der Waals surface area contributed by atoms with Crippen molar-refractivity contribution in [3.8, 4) is 5.75 Å². The molecule has 3 aromatic rings. The number of fused-ring (bicyclic) bond motifs is 3. The SMILES string of the molecule is C=C1CN(C(=O)c2ccc(F)cc2)C=C(C(=O)OCC)c2[nH]c3cc(OCCCC)ccc3c21. The number of benzene rings is 2. The highest BCUT2D eigenvalue weighted by atomic mass is 19.1. The molecule has 176 valence electrons. The highest BCUT2D eigenvalue weighted by molar-refractivity contribution is 6.20. The van der Waals surface area contributed by atoms with E-state index in [1.165, 1.54) is 35.4 Å². The predicted molar refractivity (Wildman–Crippen MR) is 130 cm³/mol.